The van der Waals surface area contributed by atoms with Crippen LogP contribution in [0.1, 0.15) is 18.5 Å². The molecule has 11 heteroatoms. The fraction of sp³-hybridized carbons (Fsp3) is 0.526. The molecular formula is C19H22F4N6O. The van der Waals surface area contributed by atoms with Crippen LogP contribution in [-0.4, -0.2) is 59.0 Å². The van der Waals surface area contributed by atoms with Crippen LogP contribution in [0, 0.1) is 5.92 Å². The van der Waals surface area contributed by atoms with Gasteiger partial charge < -0.3 is 20.6 Å². The van der Waals surface area contributed by atoms with Crippen LogP contribution in [0.25, 0.3) is 11.3 Å². The molecule has 3 N–H and O–H groups in total. The fourth-order valence-electron chi connectivity index (χ4n) is 3.69. The van der Waals surface area contributed by atoms with Crippen molar-refractivity contribution in [1.82, 2.24) is 15.0 Å². The lowest BCUT2D eigenvalue weighted by Crippen LogP contribution is -2.49. The fourth-order valence-corrected chi connectivity index (χ4v) is 3.69. The third-order valence-electron chi connectivity index (χ3n) is 5.48. The number of aliphatic hydroxyl groups excluding tert-OH is 1. The van der Waals surface area contributed by atoms with Crippen molar-refractivity contribution in [2.75, 3.05) is 48.3 Å². The monoisotopic (exact) mass is 426 g/mol. The van der Waals surface area contributed by atoms with Crippen LogP contribution in [0.2, 0.25) is 0 Å². The first kappa shape index (κ1) is 20.6. The Balaban J connectivity index is 1.76. The summed E-state index contributed by atoms with van der Waals surface area (Å²) in [6.07, 6.45) is -4.24. The molecule has 2 aliphatic rings. The molecule has 0 saturated carbocycles. The molecule has 4 heterocycles. The van der Waals surface area contributed by atoms with Crippen molar-refractivity contribution in [1.29, 1.82) is 0 Å². The van der Waals surface area contributed by atoms with Crippen molar-refractivity contribution in [3.8, 4) is 11.3 Å². The van der Waals surface area contributed by atoms with Gasteiger partial charge in [-0.15, -0.1) is 0 Å². The van der Waals surface area contributed by atoms with Crippen molar-refractivity contribution in [3.05, 3.63) is 23.9 Å². The van der Waals surface area contributed by atoms with Gasteiger partial charge in [-0.2, -0.15) is 18.2 Å². The number of hydrogen-bond donors (Lipinski definition) is 2. The second-order valence-corrected chi connectivity index (χ2v) is 7.66. The van der Waals surface area contributed by atoms with Crippen LogP contribution in [-0.2, 0) is 6.18 Å². The van der Waals surface area contributed by atoms with Gasteiger partial charge in [0.05, 0.1) is 18.8 Å². The van der Waals surface area contributed by atoms with Gasteiger partial charge in [0.25, 0.3) is 0 Å². The van der Waals surface area contributed by atoms with E-state index in [1.165, 1.54) is 18.2 Å². The van der Waals surface area contributed by atoms with Crippen LogP contribution in [0.4, 0.5) is 35.1 Å². The van der Waals surface area contributed by atoms with Crippen molar-refractivity contribution >= 4 is 17.6 Å². The number of aliphatic hydroxyl groups is 1. The van der Waals surface area contributed by atoms with E-state index >= 15 is 0 Å². The molecular weight excluding hydrogens is 404 g/mol. The predicted molar refractivity (Wildman–Crippen MR) is 104 cm³/mol. The summed E-state index contributed by atoms with van der Waals surface area (Å²) in [5.74, 6) is 0.601. The number of nitrogens with zero attached hydrogens (tertiary/aromatic N) is 5. The molecule has 2 aromatic rings. The molecule has 0 spiro atoms. The number of aromatic nitrogens is 3. The average molecular weight is 426 g/mol. The highest BCUT2D eigenvalue weighted by atomic mass is 19.4. The summed E-state index contributed by atoms with van der Waals surface area (Å²) in [6, 6.07) is 3.96. The molecule has 162 valence electrons. The highest BCUT2D eigenvalue weighted by molar-refractivity contribution is 5.69. The second-order valence-electron chi connectivity index (χ2n) is 7.66. The van der Waals surface area contributed by atoms with Gasteiger partial charge in [-0.05, 0) is 30.9 Å². The highest BCUT2D eigenvalue weighted by Crippen LogP contribution is 2.37. The zero-order valence-corrected chi connectivity index (χ0v) is 16.1. The molecule has 0 unspecified atom stereocenters. The van der Waals surface area contributed by atoms with Crippen molar-refractivity contribution in [3.63, 3.8) is 0 Å². The summed E-state index contributed by atoms with van der Waals surface area (Å²) in [7, 11) is 0. The van der Waals surface area contributed by atoms with Gasteiger partial charge in [-0.3, -0.25) is 0 Å². The molecule has 0 atom stereocenters. The Morgan fingerprint density at radius 1 is 1.07 bits per heavy atom. The summed E-state index contributed by atoms with van der Waals surface area (Å²) >= 11 is 0. The number of hydrogen-bond acceptors (Lipinski definition) is 7. The number of halogens is 4. The zero-order valence-electron chi connectivity index (χ0n) is 16.1. The van der Waals surface area contributed by atoms with Gasteiger partial charge in [-0.1, -0.05) is 0 Å². The number of anilines is 3. The lowest BCUT2D eigenvalue weighted by Gasteiger charge is -2.37. The Morgan fingerprint density at radius 2 is 1.77 bits per heavy atom. The van der Waals surface area contributed by atoms with Crippen LogP contribution in [0.3, 0.4) is 0 Å². The number of nitrogen functional groups attached to an aromatic ring is 1. The largest absolute Gasteiger partial charge is 0.434 e. The maximum Gasteiger partial charge on any atom is 0.434 e. The van der Waals surface area contributed by atoms with Gasteiger partial charge in [0.15, 0.2) is 5.69 Å². The van der Waals surface area contributed by atoms with E-state index in [9.17, 15) is 22.7 Å². The Labute approximate surface area is 170 Å². The number of alkyl halides is 4. The average Bonchev–Trinajstić information content (AvgIpc) is 2.70. The molecule has 0 amide bonds. The standard InChI is InChI=1S/C19H22F4N6O/c20-12-8-29(9-12)16-7-14(13-1-2-15(24)26-17(13)19(21,22)23)25-18(27-16)28-5-3-11(10-30)4-6-28/h1-2,7,11-12,30H,3-6,8-10H2,(H2,24,26). The first-order valence-electron chi connectivity index (χ1n) is 9.72. The molecule has 2 aliphatic heterocycles. The van der Waals surface area contributed by atoms with Crippen molar-refractivity contribution < 1.29 is 22.7 Å². The van der Waals surface area contributed by atoms with E-state index in [0.717, 1.165) is 12.8 Å². The number of nitrogens with two attached hydrogens (primary N) is 1. The van der Waals surface area contributed by atoms with E-state index < -0.39 is 18.0 Å². The lowest BCUT2D eigenvalue weighted by atomic mass is 9.98. The van der Waals surface area contributed by atoms with Crippen LogP contribution in [0.15, 0.2) is 18.2 Å². The van der Waals surface area contributed by atoms with Gasteiger partial charge in [-0.25, -0.2) is 14.4 Å². The van der Waals surface area contributed by atoms with E-state index in [4.69, 9.17) is 5.73 Å². The SMILES string of the molecule is Nc1ccc(-c2cc(N3CC(F)C3)nc(N3CCC(CO)CC3)n2)c(C(F)(F)F)n1. The molecule has 0 aliphatic carbocycles. The maximum absolute atomic E-state index is 13.6. The summed E-state index contributed by atoms with van der Waals surface area (Å²) in [5.41, 5.74) is 4.21. The molecule has 7 nitrogen and oxygen atoms in total. The quantitative estimate of drug-likeness (QED) is 0.726. The lowest BCUT2D eigenvalue weighted by molar-refractivity contribution is -0.140. The third-order valence-corrected chi connectivity index (χ3v) is 5.48. The summed E-state index contributed by atoms with van der Waals surface area (Å²) in [6.45, 7) is 1.51. The topological polar surface area (TPSA) is 91.4 Å². The van der Waals surface area contributed by atoms with Gasteiger partial charge in [0.2, 0.25) is 5.95 Å². The Bertz CT molecular complexity index is 910. The second kappa shape index (κ2) is 7.86. The van der Waals surface area contributed by atoms with E-state index in [1.54, 1.807) is 4.90 Å². The van der Waals surface area contributed by atoms with Crippen LogP contribution < -0.4 is 15.5 Å². The summed E-state index contributed by atoms with van der Waals surface area (Å²) < 4.78 is 54.1. The third kappa shape index (κ3) is 4.11. The van der Waals surface area contributed by atoms with Crippen molar-refractivity contribution in [2.24, 2.45) is 5.92 Å². The Kier molecular flexibility index (Phi) is 5.39. The van der Waals surface area contributed by atoms with E-state index in [1.807, 2.05) is 4.90 Å². The first-order chi connectivity index (χ1) is 14.2. The molecule has 0 aromatic carbocycles. The maximum atomic E-state index is 13.6. The van der Waals surface area contributed by atoms with E-state index in [0.29, 0.717) is 18.9 Å². The van der Waals surface area contributed by atoms with Crippen molar-refractivity contribution in [2.45, 2.75) is 25.2 Å². The molecule has 2 fully saturated rings. The molecule has 30 heavy (non-hydrogen) atoms. The summed E-state index contributed by atoms with van der Waals surface area (Å²) in [4.78, 5) is 15.9. The zero-order chi connectivity index (χ0) is 21.5. The van der Waals surface area contributed by atoms with E-state index in [2.05, 4.69) is 15.0 Å². The Morgan fingerprint density at radius 3 is 2.37 bits per heavy atom. The molecule has 4 rings (SSSR count). The van der Waals surface area contributed by atoms with Gasteiger partial charge in [0, 0.05) is 31.3 Å². The minimum atomic E-state index is -4.71. The highest BCUT2D eigenvalue weighted by Gasteiger charge is 2.37. The van der Waals surface area contributed by atoms with Gasteiger partial charge in [0.1, 0.15) is 17.8 Å². The minimum Gasteiger partial charge on any atom is -0.396 e. The molecule has 0 bridgehead atoms. The number of rotatable bonds is 4. The van der Waals surface area contributed by atoms with Gasteiger partial charge >= 0.3 is 6.18 Å². The first-order valence-corrected chi connectivity index (χ1v) is 9.72. The Hall–Kier alpha value is -2.69. The summed E-state index contributed by atoms with van der Waals surface area (Å²) in [5, 5.41) is 9.34. The molecule has 2 saturated heterocycles. The number of piperidine rings is 1. The number of pyridine rings is 1. The van der Waals surface area contributed by atoms with Crippen LogP contribution >= 0.6 is 0 Å². The normalized spacial score (nSPS) is 18.6. The van der Waals surface area contributed by atoms with Crippen LogP contribution in [0.5, 0.6) is 0 Å². The smallest absolute Gasteiger partial charge is 0.396 e. The predicted octanol–water partition coefficient (Wildman–Crippen LogP) is 2.51. The molecule has 2 aromatic heterocycles. The molecule has 0 radical (unpaired) electrons. The minimum absolute atomic E-state index is 0.0569. The van der Waals surface area contributed by atoms with E-state index in [-0.39, 0.29) is 48.6 Å².